The SMILES string of the molecule is CC[C@H]1CN(c2ncc(C(=O)NC3(C)CC3)nc2C)[C@H](C)CN1C1CCN(C(=O)c2ccc(Cl)cc2)CC1. The molecule has 0 bridgehead atoms. The number of aryl methyl sites for hydroxylation is 1. The molecule has 0 radical (unpaired) electrons. The zero-order valence-corrected chi connectivity index (χ0v) is 23.7. The first-order valence-electron chi connectivity index (χ1n) is 13.9. The molecule has 0 spiro atoms. The second-order valence-electron chi connectivity index (χ2n) is 11.5. The van der Waals surface area contributed by atoms with E-state index in [1.165, 1.54) is 0 Å². The monoisotopic (exact) mass is 538 g/mol. The highest BCUT2D eigenvalue weighted by atomic mass is 35.5. The molecule has 1 saturated carbocycles. The van der Waals surface area contributed by atoms with E-state index in [-0.39, 0.29) is 23.4 Å². The molecule has 3 heterocycles. The first kappa shape index (κ1) is 26.9. The van der Waals surface area contributed by atoms with Gasteiger partial charge in [0, 0.05) is 60.4 Å². The number of carbonyl (C=O) groups is 2. The molecule has 9 heteroatoms. The van der Waals surface area contributed by atoms with Gasteiger partial charge in [-0.2, -0.15) is 0 Å². The largest absolute Gasteiger partial charge is 0.350 e. The van der Waals surface area contributed by atoms with Gasteiger partial charge < -0.3 is 15.1 Å². The number of rotatable bonds is 6. The summed E-state index contributed by atoms with van der Waals surface area (Å²) in [5, 5.41) is 3.71. The maximum atomic E-state index is 13.0. The minimum atomic E-state index is -0.141. The number of carbonyl (C=O) groups excluding carboxylic acids is 2. The Morgan fingerprint density at radius 3 is 2.42 bits per heavy atom. The third-order valence-electron chi connectivity index (χ3n) is 8.51. The van der Waals surface area contributed by atoms with E-state index in [4.69, 9.17) is 16.6 Å². The van der Waals surface area contributed by atoms with Crippen LogP contribution in [0.5, 0.6) is 0 Å². The molecule has 0 unspecified atom stereocenters. The van der Waals surface area contributed by atoms with Gasteiger partial charge in [-0.05, 0) is 77.1 Å². The van der Waals surface area contributed by atoms with E-state index in [1.807, 2.05) is 24.0 Å². The van der Waals surface area contributed by atoms with Gasteiger partial charge in [0.1, 0.15) is 11.5 Å². The van der Waals surface area contributed by atoms with Crippen molar-refractivity contribution in [1.29, 1.82) is 0 Å². The molecule has 2 saturated heterocycles. The Kier molecular flexibility index (Phi) is 7.65. The molecule has 2 atom stereocenters. The average molecular weight is 539 g/mol. The van der Waals surface area contributed by atoms with Crippen LogP contribution in [0.3, 0.4) is 0 Å². The number of benzene rings is 1. The summed E-state index contributed by atoms with van der Waals surface area (Å²) in [7, 11) is 0. The number of hydrogen-bond acceptors (Lipinski definition) is 6. The predicted octanol–water partition coefficient (Wildman–Crippen LogP) is 4.31. The zero-order chi connectivity index (χ0) is 27.0. The second-order valence-corrected chi connectivity index (χ2v) is 11.9. The fourth-order valence-electron chi connectivity index (χ4n) is 5.86. The van der Waals surface area contributed by atoms with Crippen LogP contribution in [0.4, 0.5) is 5.82 Å². The van der Waals surface area contributed by atoms with E-state index in [9.17, 15) is 9.59 Å². The van der Waals surface area contributed by atoms with Crippen molar-refractivity contribution in [1.82, 2.24) is 25.1 Å². The second kappa shape index (κ2) is 10.8. The van der Waals surface area contributed by atoms with Crippen LogP contribution in [-0.4, -0.2) is 81.4 Å². The maximum Gasteiger partial charge on any atom is 0.271 e. The Morgan fingerprint density at radius 2 is 1.82 bits per heavy atom. The maximum absolute atomic E-state index is 13.0. The molecular formula is C29H39ClN6O2. The fraction of sp³-hybridized carbons (Fsp3) is 0.586. The number of hydrogen-bond donors (Lipinski definition) is 1. The van der Waals surface area contributed by atoms with Gasteiger partial charge in [0.15, 0.2) is 0 Å². The van der Waals surface area contributed by atoms with E-state index in [0.29, 0.717) is 28.4 Å². The van der Waals surface area contributed by atoms with Gasteiger partial charge in [-0.25, -0.2) is 9.97 Å². The molecule has 2 aliphatic heterocycles. The highest BCUT2D eigenvalue weighted by Gasteiger charge is 2.40. The van der Waals surface area contributed by atoms with Crippen LogP contribution in [0.15, 0.2) is 30.5 Å². The van der Waals surface area contributed by atoms with Gasteiger partial charge in [0.05, 0.1) is 11.9 Å². The van der Waals surface area contributed by atoms with Gasteiger partial charge >= 0.3 is 0 Å². The first-order chi connectivity index (χ1) is 18.2. The summed E-state index contributed by atoms with van der Waals surface area (Å²) in [4.78, 5) is 41.9. The van der Waals surface area contributed by atoms with Crippen molar-refractivity contribution < 1.29 is 9.59 Å². The Labute approximate surface area is 230 Å². The topological polar surface area (TPSA) is 81.7 Å². The number of aromatic nitrogens is 2. The molecule has 2 aromatic rings. The number of halogens is 1. The molecule has 1 N–H and O–H groups in total. The van der Waals surface area contributed by atoms with Crippen LogP contribution >= 0.6 is 11.6 Å². The lowest BCUT2D eigenvalue weighted by atomic mass is 9.96. The summed E-state index contributed by atoms with van der Waals surface area (Å²) in [6.07, 6.45) is 6.64. The number of piperazine rings is 1. The molecule has 2 amide bonds. The van der Waals surface area contributed by atoms with E-state index in [1.54, 1.807) is 18.3 Å². The van der Waals surface area contributed by atoms with Crippen molar-refractivity contribution in [3.05, 3.63) is 52.4 Å². The summed E-state index contributed by atoms with van der Waals surface area (Å²) < 4.78 is 0. The van der Waals surface area contributed by atoms with Crippen molar-refractivity contribution >= 4 is 29.2 Å². The number of nitrogens with zero attached hydrogens (tertiary/aromatic N) is 5. The third-order valence-corrected chi connectivity index (χ3v) is 8.76. The lowest BCUT2D eigenvalue weighted by molar-refractivity contribution is 0.0434. The lowest BCUT2D eigenvalue weighted by Gasteiger charge is -2.50. The number of nitrogens with one attached hydrogen (secondary N) is 1. The fourth-order valence-corrected chi connectivity index (χ4v) is 5.99. The van der Waals surface area contributed by atoms with Gasteiger partial charge in [0.2, 0.25) is 0 Å². The van der Waals surface area contributed by atoms with Crippen LogP contribution < -0.4 is 10.2 Å². The van der Waals surface area contributed by atoms with Gasteiger partial charge in [-0.3, -0.25) is 14.5 Å². The van der Waals surface area contributed by atoms with Crippen molar-refractivity contribution in [2.24, 2.45) is 0 Å². The zero-order valence-electron chi connectivity index (χ0n) is 22.9. The van der Waals surface area contributed by atoms with Gasteiger partial charge in [-0.15, -0.1) is 0 Å². The molecular weight excluding hydrogens is 500 g/mol. The predicted molar refractivity (Wildman–Crippen MR) is 150 cm³/mol. The highest BCUT2D eigenvalue weighted by Crippen LogP contribution is 2.34. The number of anilines is 1. The van der Waals surface area contributed by atoms with E-state index in [2.05, 4.69) is 40.9 Å². The molecule has 3 fully saturated rings. The van der Waals surface area contributed by atoms with Gasteiger partial charge in [0.25, 0.3) is 11.8 Å². The molecule has 1 aliphatic carbocycles. The summed E-state index contributed by atoms with van der Waals surface area (Å²) in [5.74, 6) is 0.813. The average Bonchev–Trinajstić information content (AvgIpc) is 3.65. The quantitative estimate of drug-likeness (QED) is 0.590. The molecule has 1 aromatic carbocycles. The molecule has 8 nitrogen and oxygen atoms in total. The van der Waals surface area contributed by atoms with Crippen LogP contribution in [-0.2, 0) is 0 Å². The lowest BCUT2D eigenvalue weighted by Crippen LogP contribution is -2.62. The Hall–Kier alpha value is -2.71. The van der Waals surface area contributed by atoms with Crippen molar-refractivity contribution in [3.8, 4) is 0 Å². The Bertz CT molecular complexity index is 1180. The minimum Gasteiger partial charge on any atom is -0.350 e. The molecule has 5 rings (SSSR count). The highest BCUT2D eigenvalue weighted by molar-refractivity contribution is 6.30. The summed E-state index contributed by atoms with van der Waals surface area (Å²) >= 11 is 5.99. The van der Waals surface area contributed by atoms with E-state index in [0.717, 1.165) is 69.8 Å². The number of piperidine rings is 1. The molecule has 204 valence electrons. The Morgan fingerprint density at radius 1 is 1.13 bits per heavy atom. The van der Waals surface area contributed by atoms with E-state index >= 15 is 0 Å². The van der Waals surface area contributed by atoms with Gasteiger partial charge in [-0.1, -0.05) is 18.5 Å². The van der Waals surface area contributed by atoms with Crippen LogP contribution in [0.1, 0.15) is 79.4 Å². The standard InChI is InChI=1S/C29H39ClN6O2/c1-5-23-18-35(26-20(3)32-25(16-31-26)27(37)33-29(4)12-13-29)19(2)17-36(23)24-10-14-34(15-11-24)28(38)21-6-8-22(30)9-7-21/h6-9,16,19,23-24H,5,10-15,17-18H2,1-4H3,(H,33,37)/t19-,23+/m1/s1. The minimum absolute atomic E-state index is 0.0795. The van der Waals surface area contributed by atoms with Crippen molar-refractivity contribution in [2.45, 2.75) is 83.5 Å². The van der Waals surface area contributed by atoms with Crippen LogP contribution in [0, 0.1) is 6.92 Å². The number of amides is 2. The Balaban J connectivity index is 1.21. The molecule has 1 aromatic heterocycles. The van der Waals surface area contributed by atoms with Crippen LogP contribution in [0.2, 0.25) is 5.02 Å². The van der Waals surface area contributed by atoms with Crippen molar-refractivity contribution in [3.63, 3.8) is 0 Å². The summed E-state index contributed by atoms with van der Waals surface area (Å²) in [6, 6.07) is 8.29. The summed E-state index contributed by atoms with van der Waals surface area (Å²) in [6.45, 7) is 11.9. The van der Waals surface area contributed by atoms with Crippen LogP contribution in [0.25, 0.3) is 0 Å². The molecule has 38 heavy (non-hydrogen) atoms. The number of likely N-dealkylation sites (tertiary alicyclic amines) is 1. The normalized spacial score (nSPS) is 23.8. The van der Waals surface area contributed by atoms with E-state index < -0.39 is 0 Å². The van der Waals surface area contributed by atoms with Crippen molar-refractivity contribution in [2.75, 3.05) is 31.1 Å². The first-order valence-corrected chi connectivity index (χ1v) is 14.3. The smallest absolute Gasteiger partial charge is 0.271 e. The molecule has 3 aliphatic rings. The third kappa shape index (κ3) is 5.66. The summed E-state index contributed by atoms with van der Waals surface area (Å²) in [5.41, 5.74) is 1.80.